The quantitative estimate of drug-likeness (QED) is 0.253. The van der Waals surface area contributed by atoms with Gasteiger partial charge in [-0.2, -0.15) is 0 Å². The molecule has 2 heterocycles. The maximum atomic E-state index is 12.0. The largest absolute Gasteiger partial charge is 0.487 e. The van der Waals surface area contributed by atoms with Gasteiger partial charge < -0.3 is 14.4 Å². The first-order valence-electron chi connectivity index (χ1n) is 11.3. The molecule has 6 nitrogen and oxygen atoms in total. The van der Waals surface area contributed by atoms with Crippen molar-refractivity contribution in [3.8, 4) is 5.75 Å². The molecule has 2 aromatic heterocycles. The van der Waals surface area contributed by atoms with E-state index >= 15 is 0 Å². The standard InChI is InChI=1S/C27H27BrClN3O3/c1-16-5-10-20(30-13-16)15-35-21-11-22(29)24-23(12-21)32(14-18-6-8-19(28)9-7-18)25(31-24)17(2)27(3,4)26(33)34/h5-13,17H,14-15H2,1-4H3,(H,33,34). The molecule has 1 atom stereocenters. The first-order valence-corrected chi connectivity index (χ1v) is 12.4. The number of carbonyl (C=O) groups is 1. The first-order chi connectivity index (χ1) is 16.6. The summed E-state index contributed by atoms with van der Waals surface area (Å²) in [5.74, 6) is 0.00102. The van der Waals surface area contributed by atoms with E-state index in [4.69, 9.17) is 21.3 Å². The molecule has 0 saturated carbocycles. The molecule has 0 aliphatic heterocycles. The van der Waals surface area contributed by atoms with Gasteiger partial charge in [0.15, 0.2) is 0 Å². The van der Waals surface area contributed by atoms with E-state index in [0.717, 1.165) is 26.8 Å². The summed E-state index contributed by atoms with van der Waals surface area (Å²) in [6.45, 7) is 8.13. The summed E-state index contributed by atoms with van der Waals surface area (Å²) in [5.41, 5.74) is 3.33. The average molecular weight is 557 g/mol. The van der Waals surface area contributed by atoms with Crippen molar-refractivity contribution in [3.05, 3.63) is 86.9 Å². The van der Waals surface area contributed by atoms with Gasteiger partial charge in [0, 0.05) is 35.3 Å². The van der Waals surface area contributed by atoms with Crippen molar-refractivity contribution in [2.75, 3.05) is 0 Å². The Morgan fingerprint density at radius 1 is 1.20 bits per heavy atom. The smallest absolute Gasteiger partial charge is 0.309 e. The van der Waals surface area contributed by atoms with E-state index in [1.54, 1.807) is 26.1 Å². The Kier molecular flexibility index (Phi) is 7.20. The van der Waals surface area contributed by atoms with Crippen LogP contribution in [0.5, 0.6) is 5.75 Å². The molecule has 4 rings (SSSR count). The average Bonchev–Trinajstić information content (AvgIpc) is 3.18. The van der Waals surface area contributed by atoms with Crippen molar-refractivity contribution >= 4 is 44.5 Å². The van der Waals surface area contributed by atoms with Crippen molar-refractivity contribution in [2.24, 2.45) is 5.41 Å². The van der Waals surface area contributed by atoms with Gasteiger partial charge in [-0.25, -0.2) is 4.98 Å². The molecule has 0 bridgehead atoms. The second-order valence-corrected chi connectivity index (χ2v) is 10.6. The van der Waals surface area contributed by atoms with E-state index < -0.39 is 11.4 Å². The Labute approximate surface area is 218 Å². The fraction of sp³-hybridized carbons (Fsp3) is 0.296. The number of carboxylic acid groups (broad SMARTS) is 1. The van der Waals surface area contributed by atoms with Crippen molar-refractivity contribution in [1.29, 1.82) is 0 Å². The zero-order valence-corrected chi connectivity index (χ0v) is 22.4. The fourth-order valence-corrected chi connectivity index (χ4v) is 4.29. The Morgan fingerprint density at radius 3 is 2.54 bits per heavy atom. The highest BCUT2D eigenvalue weighted by Gasteiger charge is 2.38. The molecular weight excluding hydrogens is 530 g/mol. The van der Waals surface area contributed by atoms with Crippen molar-refractivity contribution in [1.82, 2.24) is 14.5 Å². The van der Waals surface area contributed by atoms with Crippen LogP contribution in [0.4, 0.5) is 0 Å². The van der Waals surface area contributed by atoms with Crippen molar-refractivity contribution < 1.29 is 14.6 Å². The fourth-order valence-electron chi connectivity index (χ4n) is 3.78. The lowest BCUT2D eigenvalue weighted by Gasteiger charge is -2.27. The highest BCUT2D eigenvalue weighted by atomic mass is 79.9. The first kappa shape index (κ1) is 25.2. The van der Waals surface area contributed by atoms with Crippen LogP contribution in [-0.2, 0) is 17.9 Å². The van der Waals surface area contributed by atoms with Crippen molar-refractivity contribution in [2.45, 2.75) is 46.8 Å². The monoisotopic (exact) mass is 555 g/mol. The lowest BCUT2D eigenvalue weighted by atomic mass is 9.79. The zero-order valence-electron chi connectivity index (χ0n) is 20.0. The third-order valence-corrected chi connectivity index (χ3v) is 7.26. The maximum Gasteiger partial charge on any atom is 0.309 e. The van der Waals surface area contributed by atoms with E-state index in [9.17, 15) is 9.90 Å². The minimum Gasteiger partial charge on any atom is -0.487 e. The van der Waals surface area contributed by atoms with Crippen LogP contribution in [-0.4, -0.2) is 25.6 Å². The molecule has 35 heavy (non-hydrogen) atoms. The van der Waals surface area contributed by atoms with Gasteiger partial charge in [-0.1, -0.05) is 52.7 Å². The normalized spacial score (nSPS) is 12.6. The molecule has 0 radical (unpaired) electrons. The molecule has 0 saturated heterocycles. The third-order valence-electron chi connectivity index (χ3n) is 6.44. The molecule has 0 spiro atoms. The second-order valence-electron chi connectivity index (χ2n) is 9.32. The van der Waals surface area contributed by atoms with Crippen LogP contribution in [0.25, 0.3) is 11.0 Å². The molecule has 0 aliphatic carbocycles. The lowest BCUT2D eigenvalue weighted by Crippen LogP contribution is -2.31. The van der Waals surface area contributed by atoms with Crippen LogP contribution in [0, 0.1) is 12.3 Å². The summed E-state index contributed by atoms with van der Waals surface area (Å²) in [7, 11) is 0. The van der Waals surface area contributed by atoms with Gasteiger partial charge >= 0.3 is 5.97 Å². The number of carboxylic acids is 1. The van der Waals surface area contributed by atoms with Gasteiger partial charge in [0.25, 0.3) is 0 Å². The number of hydrogen-bond acceptors (Lipinski definition) is 4. The number of rotatable bonds is 8. The van der Waals surface area contributed by atoms with Gasteiger partial charge in [0.2, 0.25) is 0 Å². The molecule has 0 fully saturated rings. The molecule has 0 amide bonds. The number of ether oxygens (including phenoxy) is 1. The summed E-state index contributed by atoms with van der Waals surface area (Å²) < 4.78 is 9.05. The SMILES string of the molecule is Cc1ccc(COc2cc(Cl)c3nc(C(C)C(C)(C)C(=O)O)n(Cc4ccc(Br)cc4)c3c2)nc1. The van der Waals surface area contributed by atoms with Crippen molar-refractivity contribution in [3.63, 3.8) is 0 Å². The molecule has 1 N–H and O–H groups in total. The minimum absolute atomic E-state index is 0.304. The number of pyridine rings is 1. The van der Waals surface area contributed by atoms with E-state index in [0.29, 0.717) is 35.3 Å². The summed E-state index contributed by atoms with van der Waals surface area (Å²) in [5, 5.41) is 10.3. The predicted octanol–water partition coefficient (Wildman–Crippen LogP) is 7.00. The summed E-state index contributed by atoms with van der Waals surface area (Å²) in [4.78, 5) is 21.3. The molecule has 1 unspecified atom stereocenters. The van der Waals surface area contributed by atoms with E-state index in [-0.39, 0.29) is 5.92 Å². The number of benzene rings is 2. The number of aliphatic carboxylic acids is 1. The summed E-state index contributed by atoms with van der Waals surface area (Å²) in [6.07, 6.45) is 1.81. The van der Waals surface area contributed by atoms with Gasteiger partial charge in [0.1, 0.15) is 23.7 Å². The highest BCUT2D eigenvalue weighted by molar-refractivity contribution is 9.10. The minimum atomic E-state index is -1.03. The van der Waals surface area contributed by atoms with Crippen LogP contribution in [0.2, 0.25) is 5.02 Å². The van der Waals surface area contributed by atoms with Gasteiger partial charge in [0.05, 0.1) is 21.6 Å². The lowest BCUT2D eigenvalue weighted by molar-refractivity contribution is -0.148. The van der Waals surface area contributed by atoms with E-state index in [1.807, 2.05) is 60.9 Å². The van der Waals surface area contributed by atoms with Crippen LogP contribution in [0.1, 0.15) is 49.3 Å². The second kappa shape index (κ2) is 9.99. The van der Waals surface area contributed by atoms with Gasteiger partial charge in [-0.05, 0) is 50.1 Å². The number of aryl methyl sites for hydroxylation is 1. The topological polar surface area (TPSA) is 77.2 Å². The Morgan fingerprint density at radius 2 is 1.91 bits per heavy atom. The van der Waals surface area contributed by atoms with Crippen LogP contribution < -0.4 is 4.74 Å². The van der Waals surface area contributed by atoms with Gasteiger partial charge in [-0.15, -0.1) is 0 Å². The number of fused-ring (bicyclic) bond motifs is 1. The number of nitrogens with zero attached hydrogens (tertiary/aromatic N) is 3. The van der Waals surface area contributed by atoms with E-state index in [2.05, 4.69) is 20.9 Å². The highest BCUT2D eigenvalue weighted by Crippen LogP contribution is 2.39. The van der Waals surface area contributed by atoms with Crippen LogP contribution >= 0.6 is 27.5 Å². The molecular formula is C27H27BrClN3O3. The number of imidazole rings is 1. The van der Waals surface area contributed by atoms with Crippen LogP contribution in [0.3, 0.4) is 0 Å². The molecule has 0 aliphatic rings. The summed E-state index contributed by atoms with van der Waals surface area (Å²) >= 11 is 10.1. The molecule has 4 aromatic rings. The zero-order chi connectivity index (χ0) is 25.3. The number of aromatic nitrogens is 3. The van der Waals surface area contributed by atoms with Gasteiger partial charge in [-0.3, -0.25) is 9.78 Å². The number of hydrogen-bond donors (Lipinski definition) is 1. The third kappa shape index (κ3) is 5.36. The number of halogens is 2. The predicted molar refractivity (Wildman–Crippen MR) is 141 cm³/mol. The molecule has 182 valence electrons. The maximum absolute atomic E-state index is 12.0. The molecule has 8 heteroatoms. The van der Waals surface area contributed by atoms with Crippen LogP contribution in [0.15, 0.2) is 59.2 Å². The Hall–Kier alpha value is -2.90. The molecule has 2 aromatic carbocycles. The summed E-state index contributed by atoms with van der Waals surface area (Å²) in [6, 6.07) is 15.6. The van der Waals surface area contributed by atoms with E-state index in [1.165, 1.54) is 0 Å². The Bertz CT molecular complexity index is 1370. The Balaban J connectivity index is 1.78.